The fourth-order valence-electron chi connectivity index (χ4n) is 1.65. The van der Waals surface area contributed by atoms with Crippen LogP contribution in [-0.2, 0) is 0 Å². The number of hydrogen-bond acceptors (Lipinski definition) is 2. The van der Waals surface area contributed by atoms with Crippen LogP contribution >= 0.6 is 0 Å². The lowest BCUT2D eigenvalue weighted by Gasteiger charge is -2.17. The summed E-state index contributed by atoms with van der Waals surface area (Å²) in [6.45, 7) is 7.05. The van der Waals surface area contributed by atoms with Crippen LogP contribution in [0, 0.1) is 11.6 Å². The highest BCUT2D eigenvalue weighted by Crippen LogP contribution is 2.07. The Morgan fingerprint density at radius 3 is 2.22 bits per heavy atom. The van der Waals surface area contributed by atoms with Crippen molar-refractivity contribution in [1.29, 1.82) is 0 Å². The molecule has 1 amide bonds. The molecule has 0 atom stereocenters. The van der Waals surface area contributed by atoms with Crippen molar-refractivity contribution in [3.8, 4) is 0 Å². The number of rotatable bonds is 6. The van der Waals surface area contributed by atoms with Gasteiger partial charge in [-0.25, -0.2) is 8.78 Å². The Kier molecular flexibility index (Phi) is 5.71. The topological polar surface area (TPSA) is 32.3 Å². The van der Waals surface area contributed by atoms with Crippen molar-refractivity contribution in [2.75, 3.05) is 26.2 Å². The van der Waals surface area contributed by atoms with Crippen LogP contribution in [0.1, 0.15) is 24.2 Å². The molecule has 0 spiro atoms. The zero-order valence-corrected chi connectivity index (χ0v) is 10.7. The van der Waals surface area contributed by atoms with Gasteiger partial charge in [-0.15, -0.1) is 0 Å². The van der Waals surface area contributed by atoms with E-state index in [1.807, 2.05) is 13.8 Å². The normalized spacial score (nSPS) is 10.7. The third-order valence-electron chi connectivity index (χ3n) is 2.73. The molecule has 0 aromatic heterocycles. The molecule has 1 aromatic carbocycles. The van der Waals surface area contributed by atoms with Crippen molar-refractivity contribution in [2.45, 2.75) is 13.8 Å². The highest BCUT2D eigenvalue weighted by Gasteiger charge is 2.09. The number of carbonyl (C=O) groups is 1. The lowest BCUT2D eigenvalue weighted by atomic mass is 10.2. The van der Waals surface area contributed by atoms with Gasteiger partial charge in [-0.1, -0.05) is 13.8 Å². The van der Waals surface area contributed by atoms with E-state index < -0.39 is 17.5 Å². The summed E-state index contributed by atoms with van der Waals surface area (Å²) in [5, 5.41) is 2.64. The van der Waals surface area contributed by atoms with Gasteiger partial charge in [-0.3, -0.25) is 4.79 Å². The van der Waals surface area contributed by atoms with E-state index in [0.29, 0.717) is 6.54 Å². The number of nitrogens with one attached hydrogen (secondary N) is 1. The molecular formula is C13H18F2N2O. The number of carbonyl (C=O) groups excluding carboxylic acids is 1. The minimum Gasteiger partial charge on any atom is -0.351 e. The highest BCUT2D eigenvalue weighted by molar-refractivity contribution is 5.94. The second-order valence-corrected chi connectivity index (χ2v) is 3.94. The summed E-state index contributed by atoms with van der Waals surface area (Å²) >= 11 is 0. The molecule has 0 unspecified atom stereocenters. The van der Waals surface area contributed by atoms with Gasteiger partial charge < -0.3 is 10.2 Å². The minimum atomic E-state index is -0.746. The van der Waals surface area contributed by atoms with Crippen molar-refractivity contribution in [3.05, 3.63) is 35.4 Å². The van der Waals surface area contributed by atoms with E-state index in [4.69, 9.17) is 0 Å². The van der Waals surface area contributed by atoms with Crippen molar-refractivity contribution in [3.63, 3.8) is 0 Å². The first-order valence-corrected chi connectivity index (χ1v) is 6.03. The zero-order valence-electron chi connectivity index (χ0n) is 10.7. The van der Waals surface area contributed by atoms with Gasteiger partial charge >= 0.3 is 0 Å². The number of likely N-dealkylation sites (N-methyl/N-ethyl adjacent to an activating group) is 1. The maximum absolute atomic E-state index is 12.9. The summed E-state index contributed by atoms with van der Waals surface area (Å²) in [5.41, 5.74) is 0.00652. The Hall–Kier alpha value is -1.49. The number of amides is 1. The summed E-state index contributed by atoms with van der Waals surface area (Å²) in [6, 6.07) is 2.79. The van der Waals surface area contributed by atoms with Gasteiger partial charge in [-0.05, 0) is 25.2 Å². The molecule has 0 aliphatic carbocycles. The smallest absolute Gasteiger partial charge is 0.251 e. The van der Waals surface area contributed by atoms with Crippen LogP contribution in [0.4, 0.5) is 8.78 Å². The van der Waals surface area contributed by atoms with E-state index in [9.17, 15) is 13.6 Å². The highest BCUT2D eigenvalue weighted by atomic mass is 19.1. The predicted molar refractivity (Wildman–Crippen MR) is 66.5 cm³/mol. The second-order valence-electron chi connectivity index (χ2n) is 3.94. The second kappa shape index (κ2) is 7.06. The van der Waals surface area contributed by atoms with Crippen LogP contribution in [-0.4, -0.2) is 37.0 Å². The van der Waals surface area contributed by atoms with Gasteiger partial charge in [-0.2, -0.15) is 0 Å². The van der Waals surface area contributed by atoms with Crippen LogP contribution in [0.25, 0.3) is 0 Å². The quantitative estimate of drug-likeness (QED) is 0.844. The number of hydrogen-bond donors (Lipinski definition) is 1. The SMILES string of the molecule is CCN(CC)CCNC(=O)c1cc(F)cc(F)c1. The van der Waals surface area contributed by atoms with Crippen molar-refractivity contribution in [1.82, 2.24) is 10.2 Å². The van der Waals surface area contributed by atoms with E-state index in [1.54, 1.807) is 0 Å². The van der Waals surface area contributed by atoms with Gasteiger partial charge in [0, 0.05) is 24.7 Å². The average molecular weight is 256 g/mol. The van der Waals surface area contributed by atoms with Crippen LogP contribution in [0.2, 0.25) is 0 Å². The molecule has 0 radical (unpaired) electrons. The Balaban J connectivity index is 2.50. The van der Waals surface area contributed by atoms with Gasteiger partial charge in [0.25, 0.3) is 5.91 Å². The molecule has 18 heavy (non-hydrogen) atoms. The molecule has 0 aliphatic heterocycles. The predicted octanol–water partition coefficient (Wildman–Crippen LogP) is 2.04. The first-order chi connectivity index (χ1) is 8.56. The van der Waals surface area contributed by atoms with Crippen LogP contribution < -0.4 is 5.32 Å². The Morgan fingerprint density at radius 1 is 1.17 bits per heavy atom. The van der Waals surface area contributed by atoms with E-state index in [2.05, 4.69) is 10.2 Å². The van der Waals surface area contributed by atoms with Crippen molar-refractivity contribution >= 4 is 5.91 Å². The largest absolute Gasteiger partial charge is 0.351 e. The van der Waals surface area contributed by atoms with Gasteiger partial charge in [0.15, 0.2) is 0 Å². The van der Waals surface area contributed by atoms with Crippen LogP contribution in [0.15, 0.2) is 18.2 Å². The summed E-state index contributed by atoms with van der Waals surface area (Å²) in [6.07, 6.45) is 0. The molecule has 1 aromatic rings. The molecule has 0 saturated heterocycles. The van der Waals surface area contributed by atoms with E-state index in [-0.39, 0.29) is 5.56 Å². The van der Waals surface area contributed by atoms with Gasteiger partial charge in [0.2, 0.25) is 0 Å². The first kappa shape index (κ1) is 14.6. The standard InChI is InChI=1S/C13H18F2N2O/c1-3-17(4-2)6-5-16-13(18)10-7-11(14)9-12(15)8-10/h7-9H,3-6H2,1-2H3,(H,16,18). The Bertz CT molecular complexity index is 386. The van der Waals surface area contributed by atoms with Gasteiger partial charge in [0.05, 0.1) is 0 Å². The fourth-order valence-corrected chi connectivity index (χ4v) is 1.65. The van der Waals surface area contributed by atoms with E-state index in [0.717, 1.165) is 37.8 Å². The molecule has 100 valence electrons. The van der Waals surface area contributed by atoms with E-state index >= 15 is 0 Å². The third kappa shape index (κ3) is 4.41. The Morgan fingerprint density at radius 2 is 1.72 bits per heavy atom. The van der Waals surface area contributed by atoms with Crippen LogP contribution in [0.3, 0.4) is 0 Å². The fraction of sp³-hybridized carbons (Fsp3) is 0.462. The van der Waals surface area contributed by atoms with E-state index in [1.165, 1.54) is 0 Å². The average Bonchev–Trinajstić information content (AvgIpc) is 2.33. The summed E-state index contributed by atoms with van der Waals surface area (Å²) < 4.78 is 25.8. The first-order valence-electron chi connectivity index (χ1n) is 6.03. The van der Waals surface area contributed by atoms with Crippen molar-refractivity contribution < 1.29 is 13.6 Å². The third-order valence-corrected chi connectivity index (χ3v) is 2.73. The molecule has 0 heterocycles. The summed E-state index contributed by atoms with van der Waals surface area (Å²) in [7, 11) is 0. The molecule has 5 heteroatoms. The minimum absolute atomic E-state index is 0.00652. The maximum atomic E-state index is 12.9. The molecule has 0 aliphatic rings. The number of halogens is 2. The van der Waals surface area contributed by atoms with Gasteiger partial charge in [0.1, 0.15) is 11.6 Å². The molecule has 1 N–H and O–H groups in total. The summed E-state index contributed by atoms with van der Waals surface area (Å²) in [5.74, 6) is -1.95. The molecule has 3 nitrogen and oxygen atoms in total. The lowest BCUT2D eigenvalue weighted by molar-refractivity contribution is 0.0948. The maximum Gasteiger partial charge on any atom is 0.251 e. The lowest BCUT2D eigenvalue weighted by Crippen LogP contribution is -2.34. The van der Waals surface area contributed by atoms with Crippen LogP contribution in [0.5, 0.6) is 0 Å². The zero-order chi connectivity index (χ0) is 13.5. The molecule has 0 bridgehead atoms. The molecule has 0 saturated carbocycles. The molecule has 0 fully saturated rings. The number of nitrogens with zero attached hydrogens (tertiary/aromatic N) is 1. The Labute approximate surface area is 106 Å². The monoisotopic (exact) mass is 256 g/mol. The molecular weight excluding hydrogens is 238 g/mol. The molecule has 1 rings (SSSR count). The van der Waals surface area contributed by atoms with Crippen molar-refractivity contribution in [2.24, 2.45) is 0 Å². The summed E-state index contributed by atoms with van der Waals surface area (Å²) in [4.78, 5) is 13.8. The number of benzene rings is 1.